The maximum Gasteiger partial charge on any atom is 0.324 e. The Bertz CT molecular complexity index is 2370. The van der Waals surface area contributed by atoms with E-state index >= 15 is 0 Å². The fraction of sp³-hybridized carbons (Fsp3) is 0.574. The Labute approximate surface area is 373 Å². The summed E-state index contributed by atoms with van der Waals surface area (Å²) >= 11 is 1.43. The number of fused-ring (bicyclic) bond motifs is 6. The quantitative estimate of drug-likeness (QED) is 0.201. The zero-order chi connectivity index (χ0) is 44.8. The lowest BCUT2D eigenvalue weighted by molar-refractivity contribution is -0.155. The van der Waals surface area contributed by atoms with Crippen molar-refractivity contribution >= 4 is 46.1 Å². The summed E-state index contributed by atoms with van der Waals surface area (Å²) in [7, 11) is 3.35. The van der Waals surface area contributed by atoms with Crippen LogP contribution in [-0.4, -0.2) is 125 Å². The van der Waals surface area contributed by atoms with Gasteiger partial charge in [-0.25, -0.2) is 15.2 Å². The molecule has 15 nitrogen and oxygen atoms in total. The number of hydrazine groups is 1. The molecule has 3 fully saturated rings. The van der Waals surface area contributed by atoms with Gasteiger partial charge in [-0.2, -0.15) is 0 Å². The van der Waals surface area contributed by atoms with Crippen LogP contribution in [0.5, 0.6) is 0 Å². The van der Waals surface area contributed by atoms with Gasteiger partial charge in [-0.05, 0) is 75.3 Å². The summed E-state index contributed by atoms with van der Waals surface area (Å²) in [5.74, 6) is -1.51. The van der Waals surface area contributed by atoms with Crippen LogP contribution in [-0.2, 0) is 48.0 Å². The fourth-order valence-electron chi connectivity index (χ4n) is 9.81. The van der Waals surface area contributed by atoms with Crippen molar-refractivity contribution in [1.82, 2.24) is 40.1 Å². The molecule has 16 heteroatoms. The number of hydrogen-bond acceptors (Lipinski definition) is 11. The van der Waals surface area contributed by atoms with Crippen LogP contribution in [0.1, 0.15) is 83.2 Å². The number of aryl methyl sites for hydroxylation is 1. The highest BCUT2D eigenvalue weighted by molar-refractivity contribution is 7.10. The van der Waals surface area contributed by atoms with Crippen molar-refractivity contribution in [1.29, 1.82) is 0 Å². The summed E-state index contributed by atoms with van der Waals surface area (Å²) in [6.07, 6.45) is 4.17. The summed E-state index contributed by atoms with van der Waals surface area (Å²) in [5.41, 5.74) is 9.40. The van der Waals surface area contributed by atoms with E-state index in [9.17, 15) is 19.2 Å². The predicted octanol–water partition coefficient (Wildman–Crippen LogP) is 6.00. The lowest BCUT2D eigenvalue weighted by atomic mass is 9.84. The van der Waals surface area contributed by atoms with Crippen molar-refractivity contribution in [2.24, 2.45) is 16.7 Å². The second-order valence-electron chi connectivity index (χ2n) is 19.0. The van der Waals surface area contributed by atoms with E-state index in [2.05, 4.69) is 60.3 Å². The molecule has 0 radical (unpaired) electrons. The van der Waals surface area contributed by atoms with Gasteiger partial charge in [-0.1, -0.05) is 33.8 Å². The zero-order valence-electron chi connectivity index (χ0n) is 37.9. The van der Waals surface area contributed by atoms with Gasteiger partial charge in [0.05, 0.1) is 48.0 Å². The van der Waals surface area contributed by atoms with Gasteiger partial charge in [0.2, 0.25) is 5.91 Å². The minimum Gasteiger partial charge on any atom is -0.464 e. The van der Waals surface area contributed by atoms with E-state index in [0.717, 1.165) is 51.1 Å². The lowest BCUT2D eigenvalue weighted by Crippen LogP contribution is -2.62. The normalized spacial score (nSPS) is 22.1. The molecule has 4 atom stereocenters. The highest BCUT2D eigenvalue weighted by Gasteiger charge is 2.47. The number of aromatic nitrogens is 3. The Kier molecular flexibility index (Phi) is 12.7. The first-order chi connectivity index (χ1) is 30.1. The second kappa shape index (κ2) is 17.9. The van der Waals surface area contributed by atoms with Crippen LogP contribution in [0.4, 0.5) is 4.79 Å². The number of methoxy groups -OCH3 is 1. The Morgan fingerprint density at radius 2 is 1.92 bits per heavy atom. The molecule has 7 heterocycles. The third-order valence-corrected chi connectivity index (χ3v) is 14.2. The number of nitrogens with one attached hydrogen (secondary N) is 2. The number of hydrogen-bond donors (Lipinski definition) is 2. The topological polar surface area (TPSA) is 160 Å². The standard InChI is InChI=1S/C47H62N8O7S/c1-9-54-37-15-14-30-20-32(37)33(41(54)31-12-10-17-48-39(31)29(4)60-8)22-46(5,6)25-62-44(58)34-13-11-18-55(51-34)43(57)35(21-38-49-36(30)23-63-38)50-42(56)40(28(2)3)52(7)45(59)53-19-16-47(24-53)26-61-27-47/h10,12,14-15,17,20,23,28-29,34-35,40,51H,9,11,13,16,18-19,21-22,24-27H2,1-8H3,(H,50,56)/t29-,34-,35-,40?/m0/s1. The summed E-state index contributed by atoms with van der Waals surface area (Å²) in [6.45, 7) is 15.8. The number of rotatable bonds is 8. The van der Waals surface area contributed by atoms with E-state index in [-0.39, 0.29) is 42.4 Å². The number of nitrogens with zero attached hydrogens (tertiary/aromatic N) is 6. The molecule has 0 saturated carbocycles. The molecule has 4 aromatic rings. The molecule has 63 heavy (non-hydrogen) atoms. The molecular formula is C47H62N8O7S. The molecule has 1 spiro atoms. The second-order valence-corrected chi connectivity index (χ2v) is 20.0. The Hall–Kier alpha value is -4.90. The highest BCUT2D eigenvalue weighted by Crippen LogP contribution is 2.42. The monoisotopic (exact) mass is 882 g/mol. The van der Waals surface area contributed by atoms with Gasteiger partial charge in [-0.3, -0.25) is 24.4 Å². The number of ether oxygens (including phenoxy) is 3. The van der Waals surface area contributed by atoms with Crippen molar-refractivity contribution in [2.45, 2.75) is 104 Å². The summed E-state index contributed by atoms with van der Waals surface area (Å²) in [6, 6.07) is 7.60. The van der Waals surface area contributed by atoms with Crippen molar-refractivity contribution in [3.05, 3.63) is 58.2 Å². The number of urea groups is 1. The number of likely N-dealkylation sites (tertiary alicyclic amines) is 1. The number of likely N-dealkylation sites (N-methyl/N-ethyl adjacent to an activating group) is 1. The highest BCUT2D eigenvalue weighted by atomic mass is 32.1. The maximum atomic E-state index is 14.6. The largest absolute Gasteiger partial charge is 0.464 e. The number of pyridine rings is 1. The number of benzene rings is 1. The van der Waals surface area contributed by atoms with E-state index in [1.807, 2.05) is 32.2 Å². The summed E-state index contributed by atoms with van der Waals surface area (Å²) in [4.78, 5) is 70.0. The number of thiazole rings is 1. The number of amides is 4. The molecule has 0 aliphatic carbocycles. The first kappa shape index (κ1) is 44.7. The third kappa shape index (κ3) is 8.83. The van der Waals surface area contributed by atoms with Crippen molar-refractivity contribution < 1.29 is 33.4 Å². The first-order valence-corrected chi connectivity index (χ1v) is 23.2. The molecule has 4 aliphatic heterocycles. The molecular weight excluding hydrogens is 821 g/mol. The molecule has 6 bridgehead atoms. The number of carbonyl (C=O) groups excluding carboxylic acids is 4. The van der Waals surface area contributed by atoms with Crippen LogP contribution < -0.4 is 10.7 Å². The molecule has 338 valence electrons. The third-order valence-electron chi connectivity index (χ3n) is 13.3. The van der Waals surface area contributed by atoms with E-state index in [0.29, 0.717) is 63.7 Å². The summed E-state index contributed by atoms with van der Waals surface area (Å²) in [5, 5.41) is 8.22. The van der Waals surface area contributed by atoms with Crippen molar-refractivity contribution in [2.75, 3.05) is 53.6 Å². The first-order valence-electron chi connectivity index (χ1n) is 22.3. The minimum atomic E-state index is -1.04. The maximum absolute atomic E-state index is 14.6. The molecule has 4 aliphatic rings. The van der Waals surface area contributed by atoms with Crippen molar-refractivity contribution in [3.8, 4) is 22.5 Å². The van der Waals surface area contributed by atoms with E-state index in [1.54, 1.807) is 25.3 Å². The molecule has 8 rings (SSSR count). The molecule has 1 aromatic carbocycles. The van der Waals surface area contributed by atoms with Gasteiger partial charge in [0, 0.05) is 91.2 Å². The molecule has 2 N–H and O–H groups in total. The summed E-state index contributed by atoms with van der Waals surface area (Å²) < 4.78 is 19.7. The van der Waals surface area contributed by atoms with Gasteiger partial charge in [0.1, 0.15) is 18.1 Å². The van der Waals surface area contributed by atoms with Gasteiger partial charge in [0.25, 0.3) is 5.91 Å². The van der Waals surface area contributed by atoms with Crippen LogP contribution in [0.15, 0.2) is 41.9 Å². The number of esters is 1. The molecule has 3 saturated heterocycles. The van der Waals surface area contributed by atoms with E-state index in [1.165, 1.54) is 21.2 Å². The van der Waals surface area contributed by atoms with E-state index in [4.69, 9.17) is 24.2 Å². The van der Waals surface area contributed by atoms with Gasteiger partial charge in [0.15, 0.2) is 0 Å². The smallest absolute Gasteiger partial charge is 0.324 e. The van der Waals surface area contributed by atoms with Crippen LogP contribution in [0, 0.1) is 16.7 Å². The molecule has 4 amide bonds. The van der Waals surface area contributed by atoms with Crippen LogP contribution in [0.3, 0.4) is 0 Å². The van der Waals surface area contributed by atoms with Gasteiger partial charge < -0.3 is 33.9 Å². The lowest BCUT2D eigenvalue weighted by Gasteiger charge is -2.39. The number of carbonyl (C=O) groups is 4. The Balaban J connectivity index is 1.16. The fourth-order valence-corrected chi connectivity index (χ4v) is 10.7. The van der Waals surface area contributed by atoms with Crippen molar-refractivity contribution in [3.63, 3.8) is 0 Å². The van der Waals surface area contributed by atoms with Crippen LogP contribution in [0.25, 0.3) is 33.4 Å². The van der Waals surface area contributed by atoms with Crippen LogP contribution in [0.2, 0.25) is 0 Å². The minimum absolute atomic E-state index is 0.000502. The SMILES string of the molecule is CCn1c(-c2cccnc2[C@H](C)OC)c2c3cc(ccc31)-c1csc(n1)C[C@H](NC(=O)C(C(C)C)N(C)C(=O)N1CCC3(COC3)C1)C(=O)N1CCC[C@H](N1)C(=O)OCC(C)(C)C2. The van der Waals surface area contributed by atoms with E-state index < -0.39 is 35.4 Å². The Morgan fingerprint density at radius 3 is 2.62 bits per heavy atom. The average Bonchev–Trinajstić information content (AvgIpc) is 4.01. The number of cyclic esters (lactones) is 1. The Morgan fingerprint density at radius 1 is 1.13 bits per heavy atom. The molecule has 1 unspecified atom stereocenters. The van der Waals surface area contributed by atoms with Crippen LogP contribution >= 0.6 is 11.3 Å². The molecule has 3 aromatic heterocycles. The van der Waals surface area contributed by atoms with Gasteiger partial charge in [-0.15, -0.1) is 11.3 Å². The average molecular weight is 883 g/mol. The zero-order valence-corrected chi connectivity index (χ0v) is 38.7. The predicted molar refractivity (Wildman–Crippen MR) is 241 cm³/mol. The van der Waals surface area contributed by atoms with Gasteiger partial charge >= 0.3 is 12.0 Å².